The van der Waals surface area contributed by atoms with E-state index in [9.17, 15) is 0 Å². The van der Waals surface area contributed by atoms with E-state index in [0.717, 1.165) is 67.2 Å². The molecule has 0 aliphatic carbocycles. The lowest BCUT2D eigenvalue weighted by atomic mass is 9.73. The molecular weight excluding hydrogens is 817 g/mol. The second-order valence-corrected chi connectivity index (χ2v) is 17.7. The molecule has 0 saturated carbocycles. The summed E-state index contributed by atoms with van der Waals surface area (Å²) >= 11 is 0. The van der Waals surface area contributed by atoms with Crippen molar-refractivity contribution in [3.05, 3.63) is 236 Å². The highest BCUT2D eigenvalue weighted by atomic mass is 15.2. The van der Waals surface area contributed by atoms with Crippen LogP contribution >= 0.6 is 0 Å². The summed E-state index contributed by atoms with van der Waals surface area (Å²) in [5.41, 5.74) is 14.4. The Morgan fingerprint density at radius 3 is 1.28 bits per heavy atom. The molecule has 6 nitrogen and oxygen atoms in total. The Bertz CT molecular complexity index is 3510. The standard InChI is InChI=1S/C61H46N6/c1-5-6-32-49-40(2)61(3,4)48-31-17-22-37-54(48)67(49)57-55(65-50-33-18-13-27-44(50)45-28-14-19-34-51(45)65)38-43(39-56(57)66-52-35-20-15-29-46(52)47-30-16-21-36-53(47)66)60-63-58(41-23-9-7-10-24-41)62-59(64-60)42-25-11-8-12-26-42/h5-39H,1H2,2-4H3/b32-6-. The van der Waals surface area contributed by atoms with Crippen LogP contribution in [-0.2, 0) is 5.41 Å². The molecule has 0 radical (unpaired) electrons. The second kappa shape index (κ2) is 15.8. The van der Waals surface area contributed by atoms with Crippen LogP contribution in [0.5, 0.6) is 0 Å². The molecule has 320 valence electrons. The topological polar surface area (TPSA) is 51.8 Å². The van der Waals surface area contributed by atoms with Crippen molar-refractivity contribution in [2.45, 2.75) is 26.2 Å². The maximum Gasteiger partial charge on any atom is 0.164 e. The molecule has 1 aliphatic heterocycles. The molecule has 0 spiro atoms. The molecule has 0 fully saturated rings. The molecule has 0 unspecified atom stereocenters. The Balaban J connectivity index is 1.31. The zero-order chi connectivity index (χ0) is 45.2. The van der Waals surface area contributed by atoms with Gasteiger partial charge in [0.1, 0.15) is 0 Å². The Kier molecular flexibility index (Phi) is 9.43. The summed E-state index contributed by atoms with van der Waals surface area (Å²) in [6, 6.07) is 68.9. The average Bonchev–Trinajstić information content (AvgIpc) is 3.90. The van der Waals surface area contributed by atoms with E-state index in [1.807, 2.05) is 42.5 Å². The Labute approximate surface area is 389 Å². The van der Waals surface area contributed by atoms with Crippen LogP contribution in [0, 0.1) is 0 Å². The number of anilines is 2. The molecule has 0 amide bonds. The first-order chi connectivity index (χ1) is 32.9. The normalized spacial score (nSPS) is 13.6. The molecule has 11 aromatic rings. The van der Waals surface area contributed by atoms with Crippen LogP contribution in [0.3, 0.4) is 0 Å². The lowest BCUT2D eigenvalue weighted by Gasteiger charge is -2.43. The minimum Gasteiger partial charge on any atom is -0.307 e. The highest BCUT2D eigenvalue weighted by molar-refractivity contribution is 6.12. The van der Waals surface area contributed by atoms with Crippen molar-refractivity contribution >= 4 is 55.0 Å². The zero-order valence-corrected chi connectivity index (χ0v) is 37.6. The minimum atomic E-state index is -0.277. The number of rotatable bonds is 8. The summed E-state index contributed by atoms with van der Waals surface area (Å²) < 4.78 is 4.90. The number of hydrogen-bond acceptors (Lipinski definition) is 4. The van der Waals surface area contributed by atoms with Crippen LogP contribution in [0.25, 0.3) is 89.2 Å². The van der Waals surface area contributed by atoms with Crippen molar-refractivity contribution in [3.8, 4) is 45.5 Å². The van der Waals surface area contributed by atoms with E-state index in [4.69, 9.17) is 15.0 Å². The maximum atomic E-state index is 5.37. The van der Waals surface area contributed by atoms with Crippen molar-refractivity contribution in [1.82, 2.24) is 24.1 Å². The fourth-order valence-corrected chi connectivity index (χ4v) is 10.2. The molecule has 4 heterocycles. The molecular formula is C61H46N6. The van der Waals surface area contributed by atoms with Gasteiger partial charge in [0.05, 0.1) is 44.8 Å². The summed E-state index contributed by atoms with van der Waals surface area (Å²) in [7, 11) is 0. The van der Waals surface area contributed by atoms with Crippen LogP contribution in [0.1, 0.15) is 26.3 Å². The highest BCUT2D eigenvalue weighted by Gasteiger charge is 2.38. The molecule has 0 N–H and O–H groups in total. The summed E-state index contributed by atoms with van der Waals surface area (Å²) in [6.45, 7) is 11.1. The molecule has 8 aromatic carbocycles. The van der Waals surface area contributed by atoms with Crippen LogP contribution < -0.4 is 4.90 Å². The van der Waals surface area contributed by atoms with E-state index in [1.165, 1.54) is 32.7 Å². The molecule has 3 aromatic heterocycles. The van der Waals surface area contributed by atoms with E-state index in [-0.39, 0.29) is 5.41 Å². The summed E-state index contributed by atoms with van der Waals surface area (Å²) in [4.78, 5) is 18.4. The van der Waals surface area contributed by atoms with Gasteiger partial charge in [-0.05, 0) is 66.6 Å². The first-order valence-electron chi connectivity index (χ1n) is 22.8. The molecule has 0 atom stereocenters. The molecule has 1 aliphatic rings. The lowest BCUT2D eigenvalue weighted by molar-refractivity contribution is 0.605. The van der Waals surface area contributed by atoms with Gasteiger partial charge in [-0.15, -0.1) is 0 Å². The van der Waals surface area contributed by atoms with Gasteiger partial charge in [-0.3, -0.25) is 0 Å². The number of aromatic nitrogens is 5. The summed E-state index contributed by atoms with van der Waals surface area (Å²) in [5.74, 6) is 1.78. The summed E-state index contributed by atoms with van der Waals surface area (Å²) in [5, 5.41) is 4.68. The molecule has 12 rings (SSSR count). The predicted molar refractivity (Wildman–Crippen MR) is 278 cm³/mol. The smallest absolute Gasteiger partial charge is 0.164 e. The zero-order valence-electron chi connectivity index (χ0n) is 37.6. The number of fused-ring (bicyclic) bond motifs is 7. The van der Waals surface area contributed by atoms with E-state index in [1.54, 1.807) is 0 Å². The number of allylic oxidation sites excluding steroid dienone is 4. The average molecular weight is 863 g/mol. The second-order valence-electron chi connectivity index (χ2n) is 17.7. The molecule has 0 bridgehead atoms. The highest BCUT2D eigenvalue weighted by Crippen LogP contribution is 2.53. The van der Waals surface area contributed by atoms with Gasteiger partial charge in [-0.25, -0.2) is 15.0 Å². The van der Waals surface area contributed by atoms with E-state index >= 15 is 0 Å². The third-order valence-electron chi connectivity index (χ3n) is 13.7. The van der Waals surface area contributed by atoms with Crippen molar-refractivity contribution < 1.29 is 0 Å². The van der Waals surface area contributed by atoms with Gasteiger partial charge in [0.25, 0.3) is 0 Å². The van der Waals surface area contributed by atoms with E-state index in [0.29, 0.717) is 17.5 Å². The first kappa shape index (κ1) is 39.9. The number of hydrogen-bond donors (Lipinski definition) is 0. The third kappa shape index (κ3) is 6.36. The van der Waals surface area contributed by atoms with Crippen molar-refractivity contribution in [2.75, 3.05) is 4.90 Å². The first-order valence-corrected chi connectivity index (χ1v) is 22.8. The van der Waals surface area contributed by atoms with Crippen molar-refractivity contribution in [1.29, 1.82) is 0 Å². The van der Waals surface area contributed by atoms with Gasteiger partial charge < -0.3 is 14.0 Å². The Morgan fingerprint density at radius 1 is 0.448 bits per heavy atom. The van der Waals surface area contributed by atoms with Crippen LogP contribution in [0.15, 0.2) is 230 Å². The van der Waals surface area contributed by atoms with Gasteiger partial charge in [0.15, 0.2) is 17.5 Å². The summed E-state index contributed by atoms with van der Waals surface area (Å²) in [6.07, 6.45) is 6.15. The maximum absolute atomic E-state index is 5.37. The SMILES string of the molecule is C=C/C=C\C1=C(C)C(C)(C)c2ccccc2N1c1c(-n2c3ccccc3c3ccccc32)cc(-c2nc(-c3ccccc3)nc(-c3ccccc3)n2)cc1-n1c2ccccc2c2ccccc21. The molecule has 6 heteroatoms. The fraction of sp³-hybridized carbons (Fsp3) is 0.0656. The third-order valence-corrected chi connectivity index (χ3v) is 13.7. The number of para-hydroxylation sites is 5. The van der Waals surface area contributed by atoms with E-state index in [2.05, 4.69) is 211 Å². The van der Waals surface area contributed by atoms with Gasteiger partial charge in [-0.2, -0.15) is 0 Å². The number of nitrogens with zero attached hydrogens (tertiary/aromatic N) is 6. The van der Waals surface area contributed by atoms with Gasteiger partial charge in [-0.1, -0.05) is 184 Å². The van der Waals surface area contributed by atoms with Gasteiger partial charge in [0, 0.05) is 49.3 Å². The number of benzene rings is 8. The quantitative estimate of drug-likeness (QED) is 0.143. The Hall–Kier alpha value is -8.61. The predicted octanol–water partition coefficient (Wildman–Crippen LogP) is 15.5. The largest absolute Gasteiger partial charge is 0.307 e. The Morgan fingerprint density at radius 2 is 0.836 bits per heavy atom. The van der Waals surface area contributed by atoms with Crippen molar-refractivity contribution in [3.63, 3.8) is 0 Å². The van der Waals surface area contributed by atoms with Crippen LogP contribution in [-0.4, -0.2) is 24.1 Å². The van der Waals surface area contributed by atoms with Gasteiger partial charge >= 0.3 is 0 Å². The van der Waals surface area contributed by atoms with Crippen molar-refractivity contribution in [2.24, 2.45) is 0 Å². The molecule has 67 heavy (non-hydrogen) atoms. The minimum absolute atomic E-state index is 0.277. The monoisotopic (exact) mass is 862 g/mol. The fourth-order valence-electron chi connectivity index (χ4n) is 10.2. The van der Waals surface area contributed by atoms with Crippen LogP contribution in [0.2, 0.25) is 0 Å². The van der Waals surface area contributed by atoms with Crippen LogP contribution in [0.4, 0.5) is 11.4 Å². The molecule has 0 saturated heterocycles. The van der Waals surface area contributed by atoms with Gasteiger partial charge in [0.2, 0.25) is 0 Å². The lowest BCUT2D eigenvalue weighted by Crippen LogP contribution is -2.34. The van der Waals surface area contributed by atoms with E-state index < -0.39 is 0 Å².